The van der Waals surface area contributed by atoms with Crippen molar-refractivity contribution in [2.45, 2.75) is 6.92 Å². The van der Waals surface area contributed by atoms with E-state index in [1.807, 2.05) is 0 Å². The van der Waals surface area contributed by atoms with E-state index in [0.29, 0.717) is 28.0 Å². The van der Waals surface area contributed by atoms with Crippen molar-refractivity contribution < 1.29 is 14.3 Å². The van der Waals surface area contributed by atoms with Crippen LogP contribution in [0.15, 0.2) is 12.1 Å². The van der Waals surface area contributed by atoms with Gasteiger partial charge in [-0.05, 0) is 24.6 Å². The maximum atomic E-state index is 11.3. The van der Waals surface area contributed by atoms with Crippen LogP contribution in [0, 0.1) is 6.92 Å². The predicted molar refractivity (Wildman–Crippen MR) is 52.9 cm³/mol. The van der Waals surface area contributed by atoms with Gasteiger partial charge in [0.05, 0.1) is 12.7 Å². The Morgan fingerprint density at radius 1 is 1.50 bits per heavy atom. The van der Waals surface area contributed by atoms with Crippen molar-refractivity contribution in [2.24, 2.45) is 0 Å². The Morgan fingerprint density at radius 3 is 2.64 bits per heavy atom. The number of carbonyl (C=O) groups is 2. The van der Waals surface area contributed by atoms with Crippen molar-refractivity contribution in [1.82, 2.24) is 0 Å². The molecule has 0 saturated heterocycles. The number of benzene rings is 1. The molecule has 1 aromatic rings. The van der Waals surface area contributed by atoms with Crippen LogP contribution in [-0.2, 0) is 4.74 Å². The lowest BCUT2D eigenvalue weighted by Crippen LogP contribution is -2.05. The number of hydrogen-bond donors (Lipinski definition) is 0. The first-order chi connectivity index (χ1) is 6.60. The molecule has 0 unspecified atom stereocenters. The molecule has 0 amide bonds. The first-order valence-corrected chi connectivity index (χ1v) is 4.31. The third-order valence-electron chi connectivity index (χ3n) is 1.94. The van der Waals surface area contributed by atoms with Gasteiger partial charge in [0.1, 0.15) is 6.29 Å². The molecule has 0 spiro atoms. The van der Waals surface area contributed by atoms with E-state index in [-0.39, 0.29) is 0 Å². The number of aldehydes is 1. The molecule has 4 heteroatoms. The number of hydrogen-bond acceptors (Lipinski definition) is 3. The summed E-state index contributed by atoms with van der Waals surface area (Å²) in [6, 6.07) is 2.99. The number of ether oxygens (including phenoxy) is 1. The van der Waals surface area contributed by atoms with Gasteiger partial charge in [0.15, 0.2) is 0 Å². The fourth-order valence-electron chi connectivity index (χ4n) is 1.14. The van der Waals surface area contributed by atoms with Gasteiger partial charge in [0.25, 0.3) is 0 Å². The van der Waals surface area contributed by atoms with Crippen molar-refractivity contribution >= 4 is 23.9 Å². The highest BCUT2D eigenvalue weighted by Gasteiger charge is 2.13. The summed E-state index contributed by atoms with van der Waals surface area (Å²) >= 11 is 5.74. The van der Waals surface area contributed by atoms with Gasteiger partial charge in [-0.1, -0.05) is 11.6 Å². The highest BCUT2D eigenvalue weighted by molar-refractivity contribution is 6.31. The Labute approximate surface area is 86.6 Å². The van der Waals surface area contributed by atoms with Gasteiger partial charge in [0.2, 0.25) is 0 Å². The summed E-state index contributed by atoms with van der Waals surface area (Å²) in [7, 11) is 1.28. The van der Waals surface area contributed by atoms with Crippen LogP contribution in [0.25, 0.3) is 0 Å². The molecule has 0 aromatic heterocycles. The topological polar surface area (TPSA) is 43.4 Å². The second-order valence-electron chi connectivity index (χ2n) is 2.78. The molecule has 0 atom stereocenters. The molecule has 0 aliphatic carbocycles. The Hall–Kier alpha value is -1.35. The summed E-state index contributed by atoms with van der Waals surface area (Å²) in [4.78, 5) is 21.9. The smallest absolute Gasteiger partial charge is 0.338 e. The number of rotatable bonds is 2. The number of carbonyl (C=O) groups excluding carboxylic acids is 2. The summed E-state index contributed by atoms with van der Waals surface area (Å²) < 4.78 is 4.56. The fraction of sp³-hybridized carbons (Fsp3) is 0.200. The van der Waals surface area contributed by atoms with E-state index < -0.39 is 5.97 Å². The molecule has 1 aromatic carbocycles. The molecule has 0 fully saturated rings. The van der Waals surface area contributed by atoms with Crippen molar-refractivity contribution in [3.05, 3.63) is 33.8 Å². The average molecular weight is 213 g/mol. The zero-order valence-corrected chi connectivity index (χ0v) is 8.59. The molecule has 0 N–H and O–H groups in total. The third kappa shape index (κ3) is 1.93. The highest BCUT2D eigenvalue weighted by atomic mass is 35.5. The molecule has 0 saturated carbocycles. The minimum absolute atomic E-state index is 0.321. The zero-order chi connectivity index (χ0) is 10.7. The van der Waals surface area contributed by atoms with Crippen LogP contribution in [0.5, 0.6) is 0 Å². The lowest BCUT2D eigenvalue weighted by atomic mass is 10.0. The molecular formula is C10H9ClO3. The molecule has 0 aliphatic heterocycles. The van der Waals surface area contributed by atoms with Gasteiger partial charge in [-0.15, -0.1) is 0 Å². The maximum Gasteiger partial charge on any atom is 0.338 e. The standard InChI is InChI=1S/C10H9ClO3/c1-6-7(5-12)3-8(11)4-9(6)10(13)14-2/h3-5H,1-2H3. The van der Waals surface area contributed by atoms with E-state index in [2.05, 4.69) is 4.74 Å². The third-order valence-corrected chi connectivity index (χ3v) is 2.16. The van der Waals surface area contributed by atoms with E-state index in [9.17, 15) is 9.59 Å². The van der Waals surface area contributed by atoms with Gasteiger partial charge in [-0.25, -0.2) is 4.79 Å². The number of halogens is 1. The molecule has 3 nitrogen and oxygen atoms in total. The average Bonchev–Trinajstić information content (AvgIpc) is 2.19. The second-order valence-corrected chi connectivity index (χ2v) is 3.21. The van der Waals surface area contributed by atoms with Crippen LogP contribution in [0.4, 0.5) is 0 Å². The SMILES string of the molecule is COC(=O)c1cc(Cl)cc(C=O)c1C. The van der Waals surface area contributed by atoms with E-state index in [1.165, 1.54) is 19.2 Å². The molecule has 0 radical (unpaired) electrons. The Bertz CT molecular complexity index is 385. The van der Waals surface area contributed by atoms with E-state index >= 15 is 0 Å². The molecule has 0 heterocycles. The van der Waals surface area contributed by atoms with Crippen LogP contribution in [0.1, 0.15) is 26.3 Å². The van der Waals surface area contributed by atoms with Gasteiger partial charge in [0, 0.05) is 10.6 Å². The Morgan fingerprint density at radius 2 is 2.14 bits per heavy atom. The Kier molecular flexibility index (Phi) is 3.25. The van der Waals surface area contributed by atoms with Gasteiger partial charge >= 0.3 is 5.97 Å². The van der Waals surface area contributed by atoms with Crippen molar-refractivity contribution in [1.29, 1.82) is 0 Å². The highest BCUT2D eigenvalue weighted by Crippen LogP contribution is 2.19. The Balaban J connectivity index is 3.36. The molecule has 1 rings (SSSR count). The van der Waals surface area contributed by atoms with Crippen molar-refractivity contribution in [3.8, 4) is 0 Å². The van der Waals surface area contributed by atoms with Crippen LogP contribution >= 0.6 is 11.6 Å². The minimum Gasteiger partial charge on any atom is -0.465 e. The molecule has 0 aliphatic rings. The lowest BCUT2D eigenvalue weighted by molar-refractivity contribution is 0.0600. The van der Waals surface area contributed by atoms with Crippen molar-refractivity contribution in [3.63, 3.8) is 0 Å². The normalized spacial score (nSPS) is 9.64. The van der Waals surface area contributed by atoms with E-state index in [4.69, 9.17) is 11.6 Å². The predicted octanol–water partition coefficient (Wildman–Crippen LogP) is 2.25. The largest absolute Gasteiger partial charge is 0.465 e. The molecule has 0 bridgehead atoms. The molecule has 14 heavy (non-hydrogen) atoms. The van der Waals surface area contributed by atoms with Crippen LogP contribution in [0.3, 0.4) is 0 Å². The quantitative estimate of drug-likeness (QED) is 0.558. The summed E-state index contributed by atoms with van der Waals surface area (Å²) in [5.74, 6) is -0.493. The minimum atomic E-state index is -0.493. The van der Waals surface area contributed by atoms with Crippen LogP contribution in [-0.4, -0.2) is 19.4 Å². The van der Waals surface area contributed by atoms with E-state index in [1.54, 1.807) is 6.92 Å². The second kappa shape index (κ2) is 4.24. The van der Waals surface area contributed by atoms with Crippen molar-refractivity contribution in [2.75, 3.05) is 7.11 Å². The number of esters is 1. The fourth-order valence-corrected chi connectivity index (χ4v) is 1.37. The van der Waals surface area contributed by atoms with Gasteiger partial charge < -0.3 is 4.74 Å². The van der Waals surface area contributed by atoms with Crippen LogP contribution < -0.4 is 0 Å². The summed E-state index contributed by atoms with van der Waals surface area (Å²) in [6.45, 7) is 1.67. The summed E-state index contributed by atoms with van der Waals surface area (Å²) in [5, 5.41) is 0.345. The van der Waals surface area contributed by atoms with Crippen LogP contribution in [0.2, 0.25) is 5.02 Å². The van der Waals surface area contributed by atoms with Gasteiger partial charge in [-0.2, -0.15) is 0 Å². The first-order valence-electron chi connectivity index (χ1n) is 3.93. The van der Waals surface area contributed by atoms with Gasteiger partial charge in [-0.3, -0.25) is 4.79 Å². The number of methoxy groups -OCH3 is 1. The zero-order valence-electron chi connectivity index (χ0n) is 7.83. The first kappa shape index (κ1) is 10.7. The summed E-state index contributed by atoms with van der Waals surface area (Å²) in [6.07, 6.45) is 0.660. The molecular weight excluding hydrogens is 204 g/mol. The summed E-state index contributed by atoms with van der Waals surface area (Å²) in [5.41, 5.74) is 1.30. The van der Waals surface area contributed by atoms with E-state index in [0.717, 1.165) is 0 Å². The monoisotopic (exact) mass is 212 g/mol. The lowest BCUT2D eigenvalue weighted by Gasteiger charge is -2.06. The molecule has 74 valence electrons. The maximum absolute atomic E-state index is 11.3.